The van der Waals surface area contributed by atoms with Crippen molar-refractivity contribution >= 4 is 40.8 Å². The van der Waals surface area contributed by atoms with E-state index < -0.39 is 29.7 Å². The molecule has 1 unspecified atom stereocenters. The van der Waals surface area contributed by atoms with Gasteiger partial charge in [0, 0.05) is 0 Å². The Morgan fingerprint density at radius 1 is 1.12 bits per heavy atom. The molecular weight excluding hydrogens is 360 g/mol. The molecule has 1 aromatic carbocycles. The lowest BCUT2D eigenvalue weighted by Gasteiger charge is -2.28. The summed E-state index contributed by atoms with van der Waals surface area (Å²) in [6, 6.07) is 7.45. The lowest BCUT2D eigenvalue weighted by molar-refractivity contribution is -0.150. The summed E-state index contributed by atoms with van der Waals surface area (Å²) in [5, 5.41) is 19.8. The summed E-state index contributed by atoms with van der Waals surface area (Å²) < 4.78 is 0. The maximum absolute atomic E-state index is 12.5. The van der Waals surface area contributed by atoms with E-state index in [2.05, 4.69) is 4.99 Å². The minimum atomic E-state index is -1.76. The van der Waals surface area contributed by atoms with Crippen LogP contribution in [0.4, 0.5) is 0 Å². The van der Waals surface area contributed by atoms with Crippen LogP contribution in [0.1, 0.15) is 20.8 Å². The van der Waals surface area contributed by atoms with E-state index in [-0.39, 0.29) is 17.9 Å². The van der Waals surface area contributed by atoms with E-state index in [0.29, 0.717) is 10.4 Å². The first-order chi connectivity index (χ1) is 12.4. The molecule has 0 saturated carbocycles. The Morgan fingerprint density at radius 3 is 2.35 bits per heavy atom. The van der Waals surface area contributed by atoms with Gasteiger partial charge in [-0.15, -0.1) is 11.3 Å². The lowest BCUT2D eigenvalue weighted by atomic mass is 10.1. The van der Waals surface area contributed by atoms with Crippen molar-refractivity contribution in [3.05, 3.63) is 57.8 Å². The molecule has 2 aromatic rings. The van der Waals surface area contributed by atoms with Gasteiger partial charge in [0.05, 0.1) is 17.0 Å². The van der Waals surface area contributed by atoms with Crippen LogP contribution < -0.4 is 0 Å². The summed E-state index contributed by atoms with van der Waals surface area (Å²) in [6.45, 7) is -0.0342. The highest BCUT2D eigenvalue weighted by molar-refractivity contribution is 7.12. The Balaban J connectivity index is 1.98. The molecule has 0 saturated heterocycles. The first-order valence-corrected chi connectivity index (χ1v) is 8.29. The summed E-state index contributed by atoms with van der Waals surface area (Å²) in [5.41, 5.74) is 0.669. The van der Waals surface area contributed by atoms with Crippen molar-refractivity contribution in [2.24, 2.45) is 4.99 Å². The lowest BCUT2D eigenvalue weighted by Crippen LogP contribution is -2.51. The Labute approximate surface area is 151 Å². The molecule has 3 rings (SSSR count). The molecule has 0 aliphatic carbocycles. The van der Waals surface area contributed by atoms with E-state index in [1.54, 1.807) is 17.5 Å². The number of carbonyl (C=O) groups is 4. The van der Waals surface area contributed by atoms with Crippen molar-refractivity contribution in [2.75, 3.05) is 0 Å². The van der Waals surface area contributed by atoms with Crippen LogP contribution >= 0.6 is 11.3 Å². The first kappa shape index (κ1) is 17.5. The van der Waals surface area contributed by atoms with E-state index in [1.807, 2.05) is 0 Å². The van der Waals surface area contributed by atoms with E-state index in [4.69, 9.17) is 10.2 Å². The number of hydrogen-bond donors (Lipinski definition) is 2. The van der Waals surface area contributed by atoms with Crippen molar-refractivity contribution in [3.63, 3.8) is 0 Å². The SMILES string of the molecule is O=C(O)c1ccc(CN2C(=O)C(=O)C(C(=O)O)N=C2c2cccs2)cc1. The fraction of sp³-hybridized carbons (Fsp3) is 0.118. The molecule has 26 heavy (non-hydrogen) atoms. The largest absolute Gasteiger partial charge is 0.479 e. The Hall–Kier alpha value is -3.33. The molecule has 0 bridgehead atoms. The summed E-state index contributed by atoms with van der Waals surface area (Å²) >= 11 is 1.26. The molecule has 2 N–H and O–H groups in total. The van der Waals surface area contributed by atoms with E-state index in [1.165, 1.54) is 35.6 Å². The van der Waals surface area contributed by atoms with Crippen molar-refractivity contribution in [2.45, 2.75) is 12.6 Å². The molecule has 0 spiro atoms. The number of carbonyl (C=O) groups excluding carboxylic acids is 2. The summed E-state index contributed by atoms with van der Waals surface area (Å²) in [7, 11) is 0. The highest BCUT2D eigenvalue weighted by atomic mass is 32.1. The Bertz CT molecular complexity index is 917. The summed E-state index contributed by atoms with van der Waals surface area (Å²) in [6.07, 6.45) is 0. The topological polar surface area (TPSA) is 124 Å². The van der Waals surface area contributed by atoms with Gasteiger partial charge in [-0.2, -0.15) is 0 Å². The van der Waals surface area contributed by atoms with Gasteiger partial charge in [-0.25, -0.2) is 14.6 Å². The number of carboxylic acids is 2. The minimum Gasteiger partial charge on any atom is -0.479 e. The van der Waals surface area contributed by atoms with Crippen molar-refractivity contribution in [3.8, 4) is 0 Å². The maximum Gasteiger partial charge on any atom is 0.336 e. The molecule has 1 aliphatic heterocycles. The minimum absolute atomic E-state index is 0.0342. The van der Waals surface area contributed by atoms with Gasteiger partial charge < -0.3 is 10.2 Å². The van der Waals surface area contributed by atoms with E-state index >= 15 is 0 Å². The van der Waals surface area contributed by atoms with Crippen molar-refractivity contribution in [1.82, 2.24) is 4.90 Å². The second-order valence-corrected chi connectivity index (χ2v) is 6.38. The normalized spacial score (nSPS) is 17.2. The second kappa shape index (κ2) is 6.89. The van der Waals surface area contributed by atoms with Gasteiger partial charge >= 0.3 is 11.9 Å². The third-order valence-electron chi connectivity index (χ3n) is 3.73. The molecule has 0 fully saturated rings. The van der Waals surface area contributed by atoms with Crippen molar-refractivity contribution in [1.29, 1.82) is 0 Å². The van der Waals surface area contributed by atoms with Crippen LogP contribution in [0.5, 0.6) is 0 Å². The number of rotatable bonds is 5. The van der Waals surface area contributed by atoms with Crippen LogP contribution in [0.3, 0.4) is 0 Å². The van der Waals surface area contributed by atoms with Crippen molar-refractivity contribution < 1.29 is 29.4 Å². The van der Waals surface area contributed by atoms with Crippen LogP contribution in [-0.4, -0.2) is 50.6 Å². The van der Waals surface area contributed by atoms with Gasteiger partial charge in [-0.3, -0.25) is 14.5 Å². The first-order valence-electron chi connectivity index (χ1n) is 7.41. The van der Waals surface area contributed by atoms with E-state index in [9.17, 15) is 19.2 Å². The van der Waals surface area contributed by atoms with Crippen LogP contribution in [0.25, 0.3) is 0 Å². The number of ketones is 1. The molecule has 1 aliphatic rings. The predicted molar refractivity (Wildman–Crippen MR) is 91.2 cm³/mol. The fourth-order valence-electron chi connectivity index (χ4n) is 2.45. The number of amides is 1. The molecule has 9 heteroatoms. The Morgan fingerprint density at radius 2 is 1.81 bits per heavy atom. The molecule has 0 radical (unpaired) electrons. The Kier molecular flexibility index (Phi) is 4.63. The van der Waals surface area contributed by atoms with Gasteiger partial charge in [0.15, 0.2) is 0 Å². The average molecular weight is 372 g/mol. The zero-order chi connectivity index (χ0) is 18.8. The van der Waals surface area contributed by atoms with E-state index in [0.717, 1.165) is 4.90 Å². The second-order valence-electron chi connectivity index (χ2n) is 5.43. The van der Waals surface area contributed by atoms with Crippen LogP contribution in [-0.2, 0) is 20.9 Å². The molecular formula is C17H12N2O6S. The monoisotopic (exact) mass is 372 g/mol. The van der Waals surface area contributed by atoms with Gasteiger partial charge in [0.25, 0.3) is 11.7 Å². The maximum atomic E-state index is 12.5. The molecule has 1 atom stereocenters. The van der Waals surface area contributed by atoms with Crippen LogP contribution in [0.15, 0.2) is 46.8 Å². The molecule has 132 valence electrons. The number of aromatic carboxylic acids is 1. The number of nitrogens with zero attached hydrogens (tertiary/aromatic N) is 2. The molecule has 8 nitrogen and oxygen atoms in total. The standard InChI is InChI=1S/C17H12N2O6S/c20-13-12(17(24)25)18-14(11-2-1-7-26-11)19(15(13)21)8-9-3-5-10(6-4-9)16(22)23/h1-7,12H,8H2,(H,22,23)(H,24,25). The zero-order valence-corrected chi connectivity index (χ0v) is 14.0. The molecule has 1 amide bonds. The van der Waals surface area contributed by atoms with Gasteiger partial charge in [-0.05, 0) is 29.1 Å². The third-order valence-corrected chi connectivity index (χ3v) is 4.59. The smallest absolute Gasteiger partial charge is 0.336 e. The number of hydrogen-bond acceptors (Lipinski definition) is 6. The molecule has 1 aromatic heterocycles. The number of amidine groups is 1. The highest BCUT2D eigenvalue weighted by Crippen LogP contribution is 2.21. The number of benzene rings is 1. The summed E-state index contributed by atoms with van der Waals surface area (Å²) in [4.78, 5) is 52.3. The molecule has 2 heterocycles. The van der Waals surface area contributed by atoms with Crippen LogP contribution in [0.2, 0.25) is 0 Å². The number of aliphatic carboxylic acids is 1. The fourth-order valence-corrected chi connectivity index (χ4v) is 3.18. The van der Waals surface area contributed by atoms with Crippen LogP contribution in [0, 0.1) is 0 Å². The quantitative estimate of drug-likeness (QED) is 0.601. The van der Waals surface area contributed by atoms with Gasteiger partial charge in [0.1, 0.15) is 5.84 Å². The third kappa shape index (κ3) is 3.24. The van der Waals surface area contributed by atoms with Gasteiger partial charge in [0.2, 0.25) is 6.04 Å². The zero-order valence-electron chi connectivity index (χ0n) is 13.2. The number of aliphatic imine (C=N–C) groups is 1. The number of Topliss-reactive ketones (excluding diaryl/α,β-unsaturated/α-hetero) is 1. The number of thiophene rings is 1. The van der Waals surface area contributed by atoms with Gasteiger partial charge in [-0.1, -0.05) is 18.2 Å². The average Bonchev–Trinajstić information content (AvgIpc) is 3.13. The number of carboxylic acid groups (broad SMARTS) is 2. The summed E-state index contributed by atoms with van der Waals surface area (Å²) in [5.74, 6) is -4.52. The highest BCUT2D eigenvalue weighted by Gasteiger charge is 2.41. The predicted octanol–water partition coefficient (Wildman–Crippen LogP) is 1.26.